The van der Waals surface area contributed by atoms with Gasteiger partial charge in [0.2, 0.25) is 0 Å². The molecule has 3 aromatic rings. The van der Waals surface area contributed by atoms with Crippen molar-refractivity contribution < 1.29 is 8.78 Å². The molecule has 0 spiro atoms. The van der Waals surface area contributed by atoms with Crippen LogP contribution in [0, 0.1) is 23.1 Å². The summed E-state index contributed by atoms with van der Waals surface area (Å²) >= 11 is 0. The van der Waals surface area contributed by atoms with Crippen LogP contribution >= 0.6 is 0 Å². The normalized spacial score (nSPS) is 21.6. The lowest BCUT2D eigenvalue weighted by molar-refractivity contribution is 0.451. The summed E-state index contributed by atoms with van der Waals surface area (Å²) in [5.41, 5.74) is 9.01. The van der Waals surface area contributed by atoms with Crippen LogP contribution in [-0.2, 0) is 5.54 Å². The summed E-state index contributed by atoms with van der Waals surface area (Å²) in [5, 5.41) is 11.1. The Hall–Kier alpha value is -3.36. The van der Waals surface area contributed by atoms with E-state index in [1.54, 1.807) is 16.9 Å². The van der Waals surface area contributed by atoms with Gasteiger partial charge in [-0.2, -0.15) is 10.2 Å². The zero-order chi connectivity index (χ0) is 21.6. The van der Waals surface area contributed by atoms with E-state index in [1.165, 1.54) is 12.1 Å². The van der Waals surface area contributed by atoms with Crippen LogP contribution in [-0.4, -0.2) is 21.1 Å². The number of hydrogen-bond acceptors (Lipinski definition) is 6. The van der Waals surface area contributed by atoms with Crippen molar-refractivity contribution >= 4 is 17.2 Å². The van der Waals surface area contributed by atoms with Gasteiger partial charge in [-0.1, -0.05) is 0 Å². The third-order valence-corrected chi connectivity index (χ3v) is 6.28. The lowest BCUT2D eigenvalue weighted by atomic mass is 9.88. The van der Waals surface area contributed by atoms with Crippen LogP contribution in [0.15, 0.2) is 53.7 Å². The fourth-order valence-corrected chi connectivity index (χ4v) is 4.40. The monoisotopic (exact) mass is 423 g/mol. The molecule has 1 aliphatic heterocycles. The molecular weight excluding hydrogens is 400 g/mol. The van der Waals surface area contributed by atoms with E-state index in [4.69, 9.17) is 10.5 Å². The molecule has 7 nitrogen and oxygen atoms in total. The summed E-state index contributed by atoms with van der Waals surface area (Å²) < 4.78 is 30.2. The molecule has 9 heteroatoms. The summed E-state index contributed by atoms with van der Waals surface area (Å²) in [5.74, 6) is 0.159. The first-order valence-electron chi connectivity index (χ1n) is 10.4. The van der Waals surface area contributed by atoms with Crippen LogP contribution < -0.4 is 10.2 Å². The highest BCUT2D eigenvalue weighted by Gasteiger charge is 2.41. The van der Waals surface area contributed by atoms with Crippen molar-refractivity contribution in [1.29, 1.82) is 5.53 Å². The van der Waals surface area contributed by atoms with Gasteiger partial charge in [0.15, 0.2) is 5.65 Å². The largest absolute Gasteiger partial charge is 0.356 e. The molecule has 2 fully saturated rings. The average Bonchev–Trinajstić information content (AvgIpc) is 3.41. The molecule has 1 aromatic carbocycles. The highest BCUT2D eigenvalue weighted by molar-refractivity contribution is 5.70. The van der Waals surface area contributed by atoms with Gasteiger partial charge >= 0.3 is 0 Å². The Balaban J connectivity index is 1.51. The van der Waals surface area contributed by atoms with Crippen LogP contribution in [0.3, 0.4) is 0 Å². The number of hydrogen-bond donors (Lipinski definition) is 2. The predicted octanol–water partition coefficient (Wildman–Crippen LogP) is 5.22. The molecule has 0 bridgehead atoms. The number of nitrogens with one attached hydrogen (secondary N) is 2. The lowest BCUT2D eigenvalue weighted by Gasteiger charge is -2.37. The smallest absolute Gasteiger partial charge is 0.180 e. The van der Waals surface area contributed by atoms with Crippen LogP contribution in [0.25, 0.3) is 5.65 Å². The quantitative estimate of drug-likeness (QED) is 0.533. The molecule has 160 valence electrons. The Bertz CT molecular complexity index is 1180. The van der Waals surface area contributed by atoms with E-state index in [1.807, 2.05) is 24.1 Å². The van der Waals surface area contributed by atoms with Gasteiger partial charge < -0.3 is 10.2 Å². The first-order chi connectivity index (χ1) is 15.0. The maximum Gasteiger partial charge on any atom is 0.180 e. The summed E-state index contributed by atoms with van der Waals surface area (Å²) in [4.78, 5) is 6.83. The topological polar surface area (TPSA) is 81.7 Å². The number of rotatable bonds is 6. The van der Waals surface area contributed by atoms with Gasteiger partial charge in [-0.25, -0.2) is 23.8 Å². The van der Waals surface area contributed by atoms with Crippen molar-refractivity contribution in [1.82, 2.24) is 14.6 Å². The first kappa shape index (κ1) is 19.6. The molecule has 0 amide bonds. The van der Waals surface area contributed by atoms with Gasteiger partial charge in [0.1, 0.15) is 23.1 Å². The Morgan fingerprint density at radius 2 is 2.16 bits per heavy atom. The van der Waals surface area contributed by atoms with Crippen molar-refractivity contribution in [3.63, 3.8) is 0 Å². The number of fused-ring (bicyclic) bond motifs is 1. The molecule has 1 atom stereocenters. The van der Waals surface area contributed by atoms with E-state index in [0.717, 1.165) is 25.3 Å². The minimum absolute atomic E-state index is 0.340. The average molecular weight is 423 g/mol. The van der Waals surface area contributed by atoms with E-state index < -0.39 is 17.2 Å². The number of nitrogens with zero attached hydrogens (tertiary/aromatic N) is 5. The van der Waals surface area contributed by atoms with Gasteiger partial charge in [-0.15, -0.1) is 0 Å². The van der Waals surface area contributed by atoms with E-state index >= 15 is 0 Å². The van der Waals surface area contributed by atoms with Crippen LogP contribution in [0.1, 0.15) is 38.2 Å². The third kappa shape index (κ3) is 3.43. The minimum atomic E-state index is -0.700. The Morgan fingerprint density at radius 1 is 1.32 bits per heavy atom. The Labute approximate surface area is 178 Å². The standard InChI is InChI=1S/C22H23F2N7/c1-22(16-11-15(23)5-6-17(16)24)8-2-9-30(22)20-7-10-31-21(28-20)19(13-27-31)26-12-18(29-25)14-3-4-14/h5-7,10-14,25-26H,2-4,8-9H2,1H3/b18-12-,29-25?/t22-/m1/s1. The second-order valence-corrected chi connectivity index (χ2v) is 8.36. The molecular formula is C22H23F2N7. The molecule has 2 aromatic heterocycles. The fraction of sp³-hybridized carbons (Fsp3) is 0.364. The fourth-order valence-electron chi connectivity index (χ4n) is 4.40. The number of halogens is 2. The summed E-state index contributed by atoms with van der Waals surface area (Å²) in [6.07, 6.45) is 8.87. The molecule has 2 N–H and O–H groups in total. The molecule has 0 unspecified atom stereocenters. The molecule has 31 heavy (non-hydrogen) atoms. The van der Waals surface area contributed by atoms with Crippen molar-refractivity contribution in [3.05, 3.63) is 65.8 Å². The molecule has 2 aliphatic rings. The number of aromatic nitrogens is 3. The van der Waals surface area contributed by atoms with Gasteiger partial charge in [-0.05, 0) is 56.9 Å². The second-order valence-electron chi connectivity index (χ2n) is 8.36. The maximum absolute atomic E-state index is 14.6. The second kappa shape index (κ2) is 7.40. The van der Waals surface area contributed by atoms with Crippen molar-refractivity contribution in [2.45, 2.75) is 38.1 Å². The summed E-state index contributed by atoms with van der Waals surface area (Å²) in [6, 6.07) is 5.45. The molecule has 1 aliphatic carbocycles. The van der Waals surface area contributed by atoms with Gasteiger partial charge in [0.05, 0.1) is 17.4 Å². The van der Waals surface area contributed by atoms with Crippen LogP contribution in [0.4, 0.5) is 20.3 Å². The van der Waals surface area contributed by atoms with E-state index in [9.17, 15) is 8.78 Å². The van der Waals surface area contributed by atoms with Gasteiger partial charge in [0.25, 0.3) is 0 Å². The van der Waals surface area contributed by atoms with E-state index in [-0.39, 0.29) is 0 Å². The molecule has 5 rings (SSSR count). The van der Waals surface area contributed by atoms with Crippen molar-refractivity contribution in [3.8, 4) is 0 Å². The highest BCUT2D eigenvalue weighted by atomic mass is 19.1. The summed E-state index contributed by atoms with van der Waals surface area (Å²) in [6.45, 7) is 2.62. The van der Waals surface area contributed by atoms with E-state index in [2.05, 4.69) is 15.5 Å². The summed E-state index contributed by atoms with van der Waals surface area (Å²) in [7, 11) is 0. The Kier molecular flexibility index (Phi) is 4.68. The number of anilines is 2. The molecule has 1 saturated heterocycles. The van der Waals surface area contributed by atoms with Crippen molar-refractivity contribution in [2.75, 3.05) is 16.8 Å². The number of allylic oxidation sites excluding steroid dienone is 1. The SMILES string of the molecule is C[C@]1(c2cc(F)ccc2F)CCCN1c1ccn2ncc(N/C=C(\N=N)C3CC3)c2n1. The molecule has 3 heterocycles. The molecule has 0 radical (unpaired) electrons. The molecule has 1 saturated carbocycles. The minimum Gasteiger partial charge on any atom is -0.356 e. The van der Waals surface area contributed by atoms with Gasteiger partial charge in [0, 0.05) is 30.4 Å². The van der Waals surface area contributed by atoms with Gasteiger partial charge in [-0.3, -0.25) is 0 Å². The predicted molar refractivity (Wildman–Crippen MR) is 113 cm³/mol. The van der Waals surface area contributed by atoms with Crippen LogP contribution in [0.2, 0.25) is 0 Å². The lowest BCUT2D eigenvalue weighted by Crippen LogP contribution is -2.40. The first-order valence-corrected chi connectivity index (χ1v) is 10.4. The Morgan fingerprint density at radius 3 is 2.94 bits per heavy atom. The maximum atomic E-state index is 14.6. The zero-order valence-corrected chi connectivity index (χ0v) is 17.1. The number of benzene rings is 1. The van der Waals surface area contributed by atoms with E-state index in [0.29, 0.717) is 47.3 Å². The van der Waals surface area contributed by atoms with Crippen molar-refractivity contribution in [2.24, 2.45) is 11.0 Å². The highest BCUT2D eigenvalue weighted by Crippen LogP contribution is 2.42. The van der Waals surface area contributed by atoms with Crippen LogP contribution in [0.5, 0.6) is 0 Å². The zero-order valence-electron chi connectivity index (χ0n) is 17.1. The third-order valence-electron chi connectivity index (χ3n) is 6.28.